The molecule has 5 N–H and O–H groups in total. The molecule has 1 aromatic rings. The van der Waals surface area contributed by atoms with Crippen LogP contribution in [-0.4, -0.2) is 88.3 Å². The number of likely N-dealkylation sites (tertiary alicyclic amines) is 1. The number of pyridine rings is 1. The van der Waals surface area contributed by atoms with E-state index in [1.807, 2.05) is 16.8 Å². The SMILES string of the molecule is CO/N=C(\C(=O)N[C@@H]1C(=O)N2C(C(=O)O)=C(C[n+]3cccc(C4CCN(C)C4)c3)CSC12)C1=CSC(N)N1. The molecule has 0 radical (unpaired) electrons. The van der Waals surface area contributed by atoms with Crippen molar-refractivity contribution in [2.75, 3.05) is 33.0 Å². The molecular formula is C24H30N7O5S2+. The third kappa shape index (κ3) is 5.13. The van der Waals surface area contributed by atoms with E-state index in [2.05, 4.69) is 40.0 Å². The van der Waals surface area contributed by atoms with Crippen LogP contribution in [0.4, 0.5) is 0 Å². The number of thioether (sulfide) groups is 2. The van der Waals surface area contributed by atoms with Gasteiger partial charge in [0, 0.05) is 40.8 Å². The number of rotatable bonds is 8. The summed E-state index contributed by atoms with van der Waals surface area (Å²) in [5.41, 5.74) is 7.58. The van der Waals surface area contributed by atoms with Crippen molar-refractivity contribution in [2.24, 2.45) is 10.9 Å². The molecule has 14 heteroatoms. The van der Waals surface area contributed by atoms with E-state index in [1.54, 1.807) is 5.41 Å². The Hall–Kier alpha value is -3.07. The number of nitrogens with zero attached hydrogens (tertiary/aromatic N) is 4. The first-order valence-electron chi connectivity index (χ1n) is 12.1. The highest BCUT2D eigenvalue weighted by Gasteiger charge is 2.55. The van der Waals surface area contributed by atoms with Crippen molar-refractivity contribution in [3.8, 4) is 0 Å². The van der Waals surface area contributed by atoms with Crippen molar-refractivity contribution < 1.29 is 28.9 Å². The maximum atomic E-state index is 13.1. The fourth-order valence-electron chi connectivity index (χ4n) is 5.12. The second-order valence-corrected chi connectivity index (χ2v) is 11.7. The molecule has 0 aromatic carbocycles. The summed E-state index contributed by atoms with van der Waals surface area (Å²) in [5, 5.41) is 20.6. The van der Waals surface area contributed by atoms with Crippen molar-refractivity contribution in [1.82, 2.24) is 20.4 Å². The Balaban J connectivity index is 1.31. The minimum atomic E-state index is -1.16. The molecule has 2 fully saturated rings. The van der Waals surface area contributed by atoms with E-state index in [1.165, 1.54) is 41.1 Å². The van der Waals surface area contributed by atoms with Crippen LogP contribution in [0.3, 0.4) is 0 Å². The van der Waals surface area contributed by atoms with Crippen molar-refractivity contribution in [1.29, 1.82) is 0 Å². The number of carboxylic acid groups (broad SMARTS) is 1. The number of carbonyl (C=O) groups is 3. The zero-order valence-corrected chi connectivity index (χ0v) is 22.6. The number of hydrogen-bond acceptors (Lipinski definition) is 10. The molecule has 2 saturated heterocycles. The third-order valence-corrected chi connectivity index (χ3v) is 9.06. The topological polar surface area (TPSA) is 153 Å². The Morgan fingerprint density at radius 3 is 2.89 bits per heavy atom. The number of amides is 2. The molecule has 202 valence electrons. The van der Waals surface area contributed by atoms with Crippen molar-refractivity contribution in [2.45, 2.75) is 35.8 Å². The van der Waals surface area contributed by atoms with Gasteiger partial charge < -0.3 is 31.2 Å². The Morgan fingerprint density at radius 1 is 1.42 bits per heavy atom. The zero-order chi connectivity index (χ0) is 27.0. The Bertz CT molecular complexity index is 1250. The van der Waals surface area contributed by atoms with Gasteiger partial charge in [0.2, 0.25) is 0 Å². The summed E-state index contributed by atoms with van der Waals surface area (Å²) < 4.78 is 1.98. The number of nitrogens with one attached hydrogen (secondary N) is 2. The standard InChI is InChI=1S/C24H29N7O5S2/c1-29-7-5-14(8-29)13-4-3-6-30(9-13)10-15-11-37-22-18(21(33)31(22)19(15)23(34)35)27-20(32)17(28-36-2)16-12-38-24(25)26-16/h3-4,6,9,12,14,18,22,24,26H,5,7-8,10-11,25H2,1-2H3,(H-,27,32,34,35)/p+1/b28-17-/t14?,18-,22?,24?/m1/s1. The molecular weight excluding hydrogens is 530 g/mol. The summed E-state index contributed by atoms with van der Waals surface area (Å²) in [6.07, 6.45) is 5.08. The van der Waals surface area contributed by atoms with Gasteiger partial charge in [0.05, 0.1) is 5.70 Å². The highest BCUT2D eigenvalue weighted by atomic mass is 32.2. The molecule has 1 aromatic heterocycles. The Labute approximate surface area is 228 Å². The van der Waals surface area contributed by atoms with E-state index >= 15 is 0 Å². The van der Waals surface area contributed by atoms with Gasteiger partial charge in [-0.25, -0.2) is 9.36 Å². The van der Waals surface area contributed by atoms with E-state index in [4.69, 9.17) is 10.6 Å². The molecule has 5 heterocycles. The Kier molecular flexibility index (Phi) is 7.66. The predicted octanol–water partition coefficient (Wildman–Crippen LogP) is -0.446. The molecule has 0 bridgehead atoms. The van der Waals surface area contributed by atoms with Gasteiger partial charge in [-0.15, -0.1) is 11.8 Å². The lowest BCUT2D eigenvalue weighted by molar-refractivity contribution is -0.689. The quantitative estimate of drug-likeness (QED) is 0.142. The number of likely N-dealkylation sites (N-methyl/N-ethyl adjacent to an activating group) is 1. The van der Waals surface area contributed by atoms with Crippen molar-refractivity contribution in [3.63, 3.8) is 0 Å². The molecule has 0 spiro atoms. The van der Waals surface area contributed by atoms with Crippen LogP contribution in [0, 0.1) is 0 Å². The monoisotopic (exact) mass is 560 g/mol. The highest BCUT2D eigenvalue weighted by Crippen LogP contribution is 2.40. The van der Waals surface area contributed by atoms with E-state index in [0.29, 0.717) is 29.5 Å². The lowest BCUT2D eigenvalue weighted by Gasteiger charge is -2.49. The Morgan fingerprint density at radius 2 is 2.24 bits per heavy atom. The summed E-state index contributed by atoms with van der Waals surface area (Å²) in [5.74, 6) is -1.39. The van der Waals surface area contributed by atoms with Gasteiger partial charge in [-0.3, -0.25) is 14.5 Å². The molecule has 38 heavy (non-hydrogen) atoms. The van der Waals surface area contributed by atoms with Crippen molar-refractivity contribution >= 4 is 47.0 Å². The molecule has 4 aliphatic heterocycles. The van der Waals surface area contributed by atoms with Crippen LogP contribution in [0.2, 0.25) is 0 Å². The zero-order valence-electron chi connectivity index (χ0n) is 21.0. The second kappa shape index (κ2) is 11.0. The number of aromatic nitrogens is 1. The van der Waals surface area contributed by atoms with E-state index in [-0.39, 0.29) is 11.4 Å². The van der Waals surface area contributed by atoms with E-state index in [9.17, 15) is 19.5 Å². The first-order chi connectivity index (χ1) is 18.3. The average molecular weight is 561 g/mol. The smallest absolute Gasteiger partial charge is 0.352 e. The summed E-state index contributed by atoms with van der Waals surface area (Å²) in [6.45, 7) is 2.41. The van der Waals surface area contributed by atoms with Gasteiger partial charge in [0.25, 0.3) is 11.8 Å². The van der Waals surface area contributed by atoms with Crippen LogP contribution in [0.1, 0.15) is 17.9 Å². The molecule has 5 rings (SSSR count). The van der Waals surface area contributed by atoms with Crippen LogP contribution < -0.4 is 20.9 Å². The van der Waals surface area contributed by atoms with Crippen LogP contribution in [0.15, 0.2) is 52.1 Å². The number of fused-ring (bicyclic) bond motifs is 1. The fourth-order valence-corrected chi connectivity index (χ4v) is 7.11. The highest BCUT2D eigenvalue weighted by molar-refractivity contribution is 8.02. The molecule has 2 amide bonds. The lowest BCUT2D eigenvalue weighted by atomic mass is 10.00. The molecule has 4 atom stereocenters. The van der Waals surface area contributed by atoms with E-state index < -0.39 is 34.7 Å². The first kappa shape index (κ1) is 26.5. The average Bonchev–Trinajstić information content (AvgIpc) is 3.53. The first-order valence-corrected chi connectivity index (χ1v) is 14.1. The van der Waals surface area contributed by atoms with Crippen LogP contribution in [-0.2, 0) is 25.8 Å². The van der Waals surface area contributed by atoms with Gasteiger partial charge >= 0.3 is 5.97 Å². The summed E-state index contributed by atoms with van der Waals surface area (Å²) in [6, 6.07) is 3.20. The molecule has 4 aliphatic rings. The normalized spacial score (nSPS) is 27.4. The number of oxime groups is 1. The van der Waals surface area contributed by atoms with Gasteiger partial charge in [0.1, 0.15) is 29.7 Å². The van der Waals surface area contributed by atoms with Crippen LogP contribution in [0.5, 0.6) is 0 Å². The number of carbonyl (C=O) groups excluding carboxylic acids is 2. The molecule has 0 saturated carbocycles. The number of carboxylic acids is 1. The summed E-state index contributed by atoms with van der Waals surface area (Å²) >= 11 is 2.71. The number of aliphatic carboxylic acids is 1. The minimum absolute atomic E-state index is 0.0175. The number of nitrogens with two attached hydrogens (primary N) is 1. The second-order valence-electron chi connectivity index (χ2n) is 9.53. The fraction of sp³-hybridized carbons (Fsp3) is 0.458. The molecule has 3 unspecified atom stereocenters. The van der Waals surface area contributed by atoms with Crippen LogP contribution in [0.25, 0.3) is 0 Å². The number of β-lactam (4-membered cyclic amide) rings is 1. The summed E-state index contributed by atoms with van der Waals surface area (Å²) in [7, 11) is 3.42. The number of hydrogen-bond donors (Lipinski definition) is 4. The van der Waals surface area contributed by atoms with Gasteiger partial charge in [-0.1, -0.05) is 16.9 Å². The van der Waals surface area contributed by atoms with E-state index in [0.717, 1.165) is 19.5 Å². The molecule has 0 aliphatic carbocycles. The minimum Gasteiger partial charge on any atom is -0.477 e. The van der Waals surface area contributed by atoms with Crippen molar-refractivity contribution in [3.05, 3.63) is 52.5 Å². The predicted molar refractivity (Wildman–Crippen MR) is 142 cm³/mol. The van der Waals surface area contributed by atoms with Gasteiger partial charge in [0.15, 0.2) is 24.7 Å². The van der Waals surface area contributed by atoms with Gasteiger partial charge in [-0.05, 0) is 26.1 Å². The maximum Gasteiger partial charge on any atom is 0.352 e. The molecule has 12 nitrogen and oxygen atoms in total. The van der Waals surface area contributed by atoms with Crippen LogP contribution >= 0.6 is 23.5 Å². The largest absolute Gasteiger partial charge is 0.477 e. The lowest BCUT2D eigenvalue weighted by Crippen LogP contribution is -2.71. The summed E-state index contributed by atoms with van der Waals surface area (Å²) in [4.78, 5) is 46.8. The van der Waals surface area contributed by atoms with Gasteiger partial charge in [-0.2, -0.15) is 0 Å². The maximum absolute atomic E-state index is 13.1. The third-order valence-electron chi connectivity index (χ3n) is 6.94.